The van der Waals surface area contributed by atoms with Crippen LogP contribution in [0.2, 0.25) is 0 Å². The Kier molecular flexibility index (Phi) is 4.05. The summed E-state index contributed by atoms with van der Waals surface area (Å²) in [5.74, 6) is -0.965. The summed E-state index contributed by atoms with van der Waals surface area (Å²) >= 11 is 0. The molecule has 1 fully saturated rings. The predicted octanol–water partition coefficient (Wildman–Crippen LogP) is 1.27. The molecule has 1 unspecified atom stereocenters. The Bertz CT molecular complexity index is 335. The molecule has 104 valence electrons. The van der Waals surface area contributed by atoms with Gasteiger partial charge in [0, 0.05) is 19.6 Å². The number of carbonyl (C=O) groups is 2. The molecule has 0 aliphatic heterocycles. The molecule has 0 saturated heterocycles. The number of rotatable bonds is 6. The monoisotopic (exact) mass is 257 g/mol. The summed E-state index contributed by atoms with van der Waals surface area (Å²) in [6.07, 6.45) is -0.578. The Hall–Kier alpha value is -1.10. The summed E-state index contributed by atoms with van der Waals surface area (Å²) < 4.78 is 5.02. The van der Waals surface area contributed by atoms with Crippen molar-refractivity contribution in [3.63, 3.8) is 0 Å². The highest BCUT2D eigenvalue weighted by Gasteiger charge is 2.68. The van der Waals surface area contributed by atoms with Crippen LogP contribution in [0, 0.1) is 16.7 Å². The van der Waals surface area contributed by atoms with Gasteiger partial charge in [0.2, 0.25) is 5.91 Å². The van der Waals surface area contributed by atoms with Gasteiger partial charge in [-0.05, 0) is 10.8 Å². The molecule has 1 atom stereocenters. The molecular weight excluding hydrogens is 234 g/mol. The third kappa shape index (κ3) is 2.66. The highest BCUT2D eigenvalue weighted by molar-refractivity contribution is 5.84. The van der Waals surface area contributed by atoms with E-state index in [1.807, 2.05) is 0 Å². The van der Waals surface area contributed by atoms with Crippen molar-refractivity contribution in [2.45, 2.75) is 40.2 Å². The highest BCUT2D eigenvalue weighted by Crippen LogP contribution is 2.68. The van der Waals surface area contributed by atoms with E-state index >= 15 is 0 Å². The van der Waals surface area contributed by atoms with Gasteiger partial charge >= 0.3 is 5.97 Å². The number of methoxy groups -OCH3 is 1. The lowest BCUT2D eigenvalue weighted by molar-refractivity contribution is -0.140. The quantitative estimate of drug-likeness (QED) is 0.751. The standard InChI is InChI=1S/C13H23NO4/c1-12(2)10(13(12,3)4)11(17)14-7-8(18-5)6-9(15)16/h8,10H,6-7H2,1-5H3,(H,14,17)(H,15,16). The van der Waals surface area contributed by atoms with E-state index in [4.69, 9.17) is 9.84 Å². The van der Waals surface area contributed by atoms with Crippen LogP contribution in [-0.2, 0) is 14.3 Å². The molecule has 5 nitrogen and oxygen atoms in total. The summed E-state index contributed by atoms with van der Waals surface area (Å²) in [7, 11) is 1.45. The van der Waals surface area contributed by atoms with Crippen LogP contribution >= 0.6 is 0 Å². The Morgan fingerprint density at radius 1 is 1.28 bits per heavy atom. The molecule has 18 heavy (non-hydrogen) atoms. The van der Waals surface area contributed by atoms with E-state index in [0.717, 1.165) is 0 Å². The van der Waals surface area contributed by atoms with Crippen LogP contribution in [0.3, 0.4) is 0 Å². The molecule has 0 aromatic heterocycles. The van der Waals surface area contributed by atoms with E-state index in [1.165, 1.54) is 7.11 Å². The number of carboxylic acids is 1. The summed E-state index contributed by atoms with van der Waals surface area (Å²) in [5, 5.41) is 11.5. The minimum Gasteiger partial charge on any atom is -0.481 e. The molecule has 1 amide bonds. The Labute approximate surface area is 108 Å². The number of amides is 1. The van der Waals surface area contributed by atoms with Crippen molar-refractivity contribution in [1.29, 1.82) is 0 Å². The SMILES string of the molecule is COC(CNC(=O)C1C(C)(C)C1(C)C)CC(=O)O. The molecule has 1 rings (SSSR count). The maximum atomic E-state index is 12.0. The minimum absolute atomic E-state index is 0.00749. The van der Waals surface area contributed by atoms with Crippen LogP contribution in [0.4, 0.5) is 0 Å². The van der Waals surface area contributed by atoms with Crippen LogP contribution in [-0.4, -0.2) is 36.7 Å². The second-order valence-electron chi connectivity index (χ2n) is 6.08. The van der Waals surface area contributed by atoms with Crippen molar-refractivity contribution in [2.75, 3.05) is 13.7 Å². The van der Waals surface area contributed by atoms with Gasteiger partial charge in [0.1, 0.15) is 0 Å². The summed E-state index contributed by atoms with van der Waals surface area (Å²) in [5.41, 5.74) is -0.0150. The maximum absolute atomic E-state index is 12.0. The summed E-state index contributed by atoms with van der Waals surface area (Å²) in [6, 6.07) is 0. The van der Waals surface area contributed by atoms with E-state index in [-0.39, 0.29) is 35.6 Å². The first-order valence-corrected chi connectivity index (χ1v) is 6.17. The summed E-state index contributed by atoms with van der Waals surface area (Å²) in [6.45, 7) is 8.53. The smallest absolute Gasteiger partial charge is 0.306 e. The zero-order valence-corrected chi connectivity index (χ0v) is 11.7. The molecule has 0 aromatic carbocycles. The first kappa shape index (κ1) is 15.0. The first-order valence-electron chi connectivity index (χ1n) is 6.17. The zero-order valence-electron chi connectivity index (χ0n) is 11.7. The molecule has 1 aliphatic carbocycles. The number of nitrogens with one attached hydrogen (secondary N) is 1. The van der Waals surface area contributed by atoms with Gasteiger partial charge in [-0.2, -0.15) is 0 Å². The second kappa shape index (κ2) is 4.88. The van der Waals surface area contributed by atoms with Crippen molar-refractivity contribution in [3.8, 4) is 0 Å². The van der Waals surface area contributed by atoms with Gasteiger partial charge in [-0.1, -0.05) is 27.7 Å². The van der Waals surface area contributed by atoms with Crippen LogP contribution in [0.1, 0.15) is 34.1 Å². The van der Waals surface area contributed by atoms with Crippen molar-refractivity contribution >= 4 is 11.9 Å². The maximum Gasteiger partial charge on any atom is 0.306 e. The average Bonchev–Trinajstić information content (AvgIpc) is 2.63. The lowest BCUT2D eigenvalue weighted by atomic mass is 10.0. The van der Waals surface area contributed by atoms with Crippen molar-refractivity contribution in [3.05, 3.63) is 0 Å². The molecule has 0 bridgehead atoms. The molecule has 0 spiro atoms. The molecule has 0 heterocycles. The number of aliphatic carboxylic acids is 1. The molecule has 1 aliphatic rings. The van der Waals surface area contributed by atoms with Gasteiger partial charge in [0.05, 0.1) is 12.5 Å². The number of ether oxygens (including phenoxy) is 1. The largest absolute Gasteiger partial charge is 0.481 e. The van der Waals surface area contributed by atoms with E-state index in [0.29, 0.717) is 0 Å². The van der Waals surface area contributed by atoms with E-state index in [9.17, 15) is 9.59 Å². The Balaban J connectivity index is 2.45. The van der Waals surface area contributed by atoms with Gasteiger partial charge in [0.15, 0.2) is 0 Å². The average molecular weight is 257 g/mol. The third-order valence-electron chi connectivity index (χ3n) is 4.52. The fourth-order valence-electron chi connectivity index (χ4n) is 2.60. The number of carboxylic acid groups (broad SMARTS) is 1. The van der Waals surface area contributed by atoms with Gasteiger partial charge < -0.3 is 15.2 Å². The van der Waals surface area contributed by atoms with Gasteiger partial charge in [-0.25, -0.2) is 0 Å². The predicted molar refractivity (Wildman–Crippen MR) is 67.1 cm³/mol. The Morgan fingerprint density at radius 2 is 1.78 bits per heavy atom. The van der Waals surface area contributed by atoms with Gasteiger partial charge in [0.25, 0.3) is 0 Å². The van der Waals surface area contributed by atoms with E-state index < -0.39 is 12.1 Å². The minimum atomic E-state index is -0.928. The highest BCUT2D eigenvalue weighted by atomic mass is 16.5. The van der Waals surface area contributed by atoms with Crippen LogP contribution < -0.4 is 5.32 Å². The lowest BCUT2D eigenvalue weighted by Crippen LogP contribution is -2.36. The lowest BCUT2D eigenvalue weighted by Gasteiger charge is -2.14. The van der Waals surface area contributed by atoms with Gasteiger partial charge in [-0.3, -0.25) is 9.59 Å². The molecule has 0 aromatic rings. The first-order chi connectivity index (χ1) is 8.14. The topological polar surface area (TPSA) is 75.6 Å². The van der Waals surface area contributed by atoms with Crippen LogP contribution in [0.15, 0.2) is 0 Å². The van der Waals surface area contributed by atoms with Crippen LogP contribution in [0.25, 0.3) is 0 Å². The number of hydrogen-bond donors (Lipinski definition) is 2. The molecule has 5 heteroatoms. The fraction of sp³-hybridized carbons (Fsp3) is 0.846. The molecule has 2 N–H and O–H groups in total. The Morgan fingerprint density at radius 3 is 2.11 bits per heavy atom. The molecular formula is C13H23NO4. The summed E-state index contributed by atoms with van der Waals surface area (Å²) in [4.78, 5) is 22.6. The van der Waals surface area contributed by atoms with Crippen LogP contribution in [0.5, 0.6) is 0 Å². The van der Waals surface area contributed by atoms with Crippen molar-refractivity contribution < 1.29 is 19.4 Å². The van der Waals surface area contributed by atoms with Crippen molar-refractivity contribution in [1.82, 2.24) is 5.32 Å². The fourth-order valence-corrected chi connectivity index (χ4v) is 2.60. The van der Waals surface area contributed by atoms with E-state index in [1.54, 1.807) is 0 Å². The van der Waals surface area contributed by atoms with E-state index in [2.05, 4.69) is 33.0 Å². The zero-order chi connectivity index (χ0) is 14.1. The number of hydrogen-bond acceptors (Lipinski definition) is 3. The third-order valence-corrected chi connectivity index (χ3v) is 4.52. The molecule has 0 radical (unpaired) electrons. The number of carbonyl (C=O) groups excluding carboxylic acids is 1. The van der Waals surface area contributed by atoms with Crippen molar-refractivity contribution in [2.24, 2.45) is 16.7 Å². The molecule has 1 saturated carbocycles. The van der Waals surface area contributed by atoms with Gasteiger partial charge in [-0.15, -0.1) is 0 Å². The normalized spacial score (nSPS) is 22.3. The second-order valence-corrected chi connectivity index (χ2v) is 6.08.